The third-order valence-corrected chi connectivity index (χ3v) is 6.19. The topological polar surface area (TPSA) is 171 Å². The molecule has 0 aliphatic carbocycles. The first kappa shape index (κ1) is 27.5. The second-order valence-corrected chi connectivity index (χ2v) is 10.1. The van der Waals surface area contributed by atoms with E-state index in [0.717, 1.165) is 0 Å². The molecule has 1 heterocycles. The van der Waals surface area contributed by atoms with Gasteiger partial charge in [-0.2, -0.15) is 8.42 Å². The Bertz CT molecular complexity index is 988. The average molecular weight is 504 g/mol. The molecule has 11 nitrogen and oxygen atoms in total. The van der Waals surface area contributed by atoms with Gasteiger partial charge in [-0.1, -0.05) is 26.0 Å². The van der Waals surface area contributed by atoms with Crippen molar-refractivity contribution >= 4 is 28.0 Å². The number of halogens is 1. The van der Waals surface area contributed by atoms with Crippen LogP contribution >= 0.6 is 0 Å². The molecular formula is C21H30FN3O8S. The Morgan fingerprint density at radius 1 is 1.29 bits per heavy atom. The minimum atomic E-state index is -4.95. The van der Waals surface area contributed by atoms with E-state index >= 15 is 0 Å². The Morgan fingerprint density at radius 2 is 2.00 bits per heavy atom. The predicted molar refractivity (Wildman–Crippen MR) is 118 cm³/mol. The molecule has 1 aromatic carbocycles. The largest absolute Gasteiger partial charge is 0.445 e. The van der Waals surface area contributed by atoms with Crippen molar-refractivity contribution in [1.29, 1.82) is 0 Å². The summed E-state index contributed by atoms with van der Waals surface area (Å²) in [5.74, 6) is -2.45. The number of carbonyl (C=O) groups is 3. The highest BCUT2D eigenvalue weighted by Crippen LogP contribution is 2.20. The van der Waals surface area contributed by atoms with Crippen LogP contribution in [0.25, 0.3) is 0 Å². The molecule has 1 aliphatic heterocycles. The maximum atomic E-state index is 13.3. The van der Waals surface area contributed by atoms with Gasteiger partial charge in [0.1, 0.15) is 18.5 Å². The molecule has 13 heteroatoms. The lowest BCUT2D eigenvalue weighted by molar-refractivity contribution is -0.126. The van der Waals surface area contributed by atoms with E-state index in [2.05, 4.69) is 16.0 Å². The number of carbonyl (C=O) groups excluding carboxylic acids is 3. The quantitative estimate of drug-likeness (QED) is 0.274. The van der Waals surface area contributed by atoms with Crippen LogP contribution in [-0.4, -0.2) is 60.0 Å². The number of rotatable bonds is 11. The van der Waals surface area contributed by atoms with Gasteiger partial charge in [-0.05, 0) is 42.9 Å². The van der Waals surface area contributed by atoms with E-state index in [1.54, 1.807) is 19.9 Å². The molecule has 5 N–H and O–H groups in total. The van der Waals surface area contributed by atoms with Crippen molar-refractivity contribution in [2.75, 3.05) is 6.54 Å². The fourth-order valence-corrected chi connectivity index (χ4v) is 4.17. The van der Waals surface area contributed by atoms with Gasteiger partial charge < -0.3 is 25.8 Å². The molecule has 0 spiro atoms. The Morgan fingerprint density at radius 3 is 2.56 bits per heavy atom. The summed E-state index contributed by atoms with van der Waals surface area (Å²) in [4.78, 5) is 37.1. The Balaban J connectivity index is 2.08. The standard InChI is InChI=1S/C21H30FN3O8S/c1-12(2)8-16(25-21(29)33-11-13-4-3-5-15(22)9-13)19(27)24-17(20(28)34(30,31)32)10-14-6-7-23-18(14)26/h3-5,9,12,14,16-17,20,28H,6-8,10-11H2,1-2H3,(H,23,26)(H,24,27)(H,25,29)(H,30,31,32)/t14-,16?,17?,20?/m0/s1. The lowest BCUT2D eigenvalue weighted by Crippen LogP contribution is -2.54. The van der Waals surface area contributed by atoms with Crippen LogP contribution in [0.15, 0.2) is 24.3 Å². The first-order chi connectivity index (χ1) is 15.9. The lowest BCUT2D eigenvalue weighted by atomic mass is 9.97. The zero-order valence-corrected chi connectivity index (χ0v) is 19.7. The van der Waals surface area contributed by atoms with Crippen LogP contribution in [0.2, 0.25) is 0 Å². The minimum absolute atomic E-state index is 0.0789. The summed E-state index contributed by atoms with van der Waals surface area (Å²) < 4.78 is 50.6. The van der Waals surface area contributed by atoms with E-state index in [9.17, 15) is 36.9 Å². The van der Waals surface area contributed by atoms with Gasteiger partial charge in [-0.15, -0.1) is 0 Å². The highest BCUT2D eigenvalue weighted by Gasteiger charge is 2.37. The van der Waals surface area contributed by atoms with Gasteiger partial charge in [0.05, 0.1) is 6.04 Å². The molecule has 0 saturated carbocycles. The van der Waals surface area contributed by atoms with Crippen LogP contribution in [-0.2, 0) is 31.1 Å². The molecule has 0 aromatic heterocycles. The summed E-state index contributed by atoms with van der Waals surface area (Å²) in [6.45, 7) is 3.68. The molecule has 3 amide bonds. The molecular weight excluding hydrogens is 473 g/mol. The van der Waals surface area contributed by atoms with Gasteiger partial charge in [0.2, 0.25) is 17.3 Å². The molecule has 0 bridgehead atoms. The van der Waals surface area contributed by atoms with Crippen molar-refractivity contribution in [3.05, 3.63) is 35.6 Å². The van der Waals surface area contributed by atoms with E-state index < -0.39 is 51.4 Å². The van der Waals surface area contributed by atoms with E-state index in [1.807, 2.05) is 0 Å². The van der Waals surface area contributed by atoms with Crippen LogP contribution in [0, 0.1) is 17.7 Å². The first-order valence-electron chi connectivity index (χ1n) is 10.8. The number of benzene rings is 1. The van der Waals surface area contributed by atoms with Crippen molar-refractivity contribution in [1.82, 2.24) is 16.0 Å². The molecule has 1 aromatic rings. The molecule has 1 saturated heterocycles. The predicted octanol–water partition coefficient (Wildman–Crippen LogP) is 0.684. The van der Waals surface area contributed by atoms with Gasteiger partial charge >= 0.3 is 6.09 Å². The minimum Gasteiger partial charge on any atom is -0.445 e. The van der Waals surface area contributed by atoms with Crippen LogP contribution in [0.4, 0.5) is 9.18 Å². The monoisotopic (exact) mass is 503 g/mol. The molecule has 34 heavy (non-hydrogen) atoms. The first-order valence-corrected chi connectivity index (χ1v) is 12.3. The van der Waals surface area contributed by atoms with Crippen molar-refractivity contribution in [3.63, 3.8) is 0 Å². The van der Waals surface area contributed by atoms with Crippen LogP contribution in [0.3, 0.4) is 0 Å². The van der Waals surface area contributed by atoms with Crippen molar-refractivity contribution in [2.45, 2.75) is 57.2 Å². The van der Waals surface area contributed by atoms with E-state index in [4.69, 9.17) is 4.74 Å². The highest BCUT2D eigenvalue weighted by atomic mass is 32.2. The summed E-state index contributed by atoms with van der Waals surface area (Å²) in [5.41, 5.74) is -1.98. The van der Waals surface area contributed by atoms with Gasteiger partial charge in [0.15, 0.2) is 0 Å². The third-order valence-electron chi connectivity index (χ3n) is 5.25. The van der Waals surface area contributed by atoms with Crippen molar-refractivity contribution in [3.8, 4) is 0 Å². The summed E-state index contributed by atoms with van der Waals surface area (Å²) in [7, 11) is -4.95. The SMILES string of the molecule is CC(C)CC(NC(=O)OCc1cccc(F)c1)C(=O)NC(C[C@@H]1CCNC1=O)C(O)S(=O)(=O)O. The van der Waals surface area contributed by atoms with Gasteiger partial charge in [-0.3, -0.25) is 14.1 Å². The van der Waals surface area contributed by atoms with Crippen molar-refractivity contribution in [2.24, 2.45) is 11.8 Å². The summed E-state index contributed by atoms with van der Waals surface area (Å²) >= 11 is 0. The Hall–Kier alpha value is -2.77. The fourth-order valence-electron chi connectivity index (χ4n) is 3.58. The van der Waals surface area contributed by atoms with Crippen LogP contribution in [0.5, 0.6) is 0 Å². The second kappa shape index (κ2) is 12.1. The Labute approximate surface area is 197 Å². The number of alkyl carbamates (subject to hydrolysis) is 1. The normalized spacial score (nSPS) is 18.6. The molecule has 1 fully saturated rings. The summed E-state index contributed by atoms with van der Waals surface area (Å²) in [5, 5.41) is 17.4. The lowest BCUT2D eigenvalue weighted by Gasteiger charge is -2.27. The van der Waals surface area contributed by atoms with Gasteiger partial charge in [0, 0.05) is 12.5 Å². The summed E-state index contributed by atoms with van der Waals surface area (Å²) in [6, 6.07) is 2.75. The Kier molecular flexibility index (Phi) is 9.77. The van der Waals surface area contributed by atoms with Gasteiger partial charge in [0.25, 0.3) is 10.1 Å². The molecule has 1 aliphatic rings. The van der Waals surface area contributed by atoms with Gasteiger partial charge in [-0.25, -0.2) is 9.18 Å². The zero-order valence-electron chi connectivity index (χ0n) is 18.9. The molecule has 0 radical (unpaired) electrons. The van der Waals surface area contributed by atoms with Crippen molar-refractivity contribution < 1.29 is 41.6 Å². The second-order valence-electron chi connectivity index (χ2n) is 8.57. The number of aliphatic hydroxyl groups is 1. The number of amides is 3. The van der Waals surface area contributed by atoms with E-state index in [1.165, 1.54) is 18.2 Å². The third kappa shape index (κ3) is 8.54. The van der Waals surface area contributed by atoms with E-state index in [-0.39, 0.29) is 31.3 Å². The fraction of sp³-hybridized carbons (Fsp3) is 0.571. The zero-order chi connectivity index (χ0) is 25.5. The average Bonchev–Trinajstić information content (AvgIpc) is 3.14. The number of hydrogen-bond donors (Lipinski definition) is 5. The molecule has 2 rings (SSSR count). The van der Waals surface area contributed by atoms with Crippen LogP contribution in [0.1, 0.15) is 38.7 Å². The van der Waals surface area contributed by atoms with Crippen LogP contribution < -0.4 is 16.0 Å². The van der Waals surface area contributed by atoms with E-state index in [0.29, 0.717) is 18.5 Å². The smallest absolute Gasteiger partial charge is 0.408 e. The maximum absolute atomic E-state index is 13.3. The highest BCUT2D eigenvalue weighted by molar-refractivity contribution is 7.86. The number of aliphatic hydroxyl groups excluding tert-OH is 1. The molecule has 3 unspecified atom stereocenters. The molecule has 4 atom stereocenters. The molecule has 190 valence electrons. The maximum Gasteiger partial charge on any atom is 0.408 e. The summed E-state index contributed by atoms with van der Waals surface area (Å²) in [6.07, 6.45) is -0.702. The number of ether oxygens (including phenoxy) is 1. The number of nitrogens with one attached hydrogen (secondary N) is 3. The number of hydrogen-bond acceptors (Lipinski definition) is 7.